The van der Waals surface area contributed by atoms with Crippen molar-refractivity contribution in [2.45, 2.75) is 13.0 Å². The van der Waals surface area contributed by atoms with E-state index in [0.29, 0.717) is 11.6 Å². The second-order valence-corrected chi connectivity index (χ2v) is 3.47. The van der Waals surface area contributed by atoms with Crippen molar-refractivity contribution in [3.8, 4) is 11.9 Å². The highest BCUT2D eigenvalue weighted by Crippen LogP contribution is 2.11. The first-order valence-corrected chi connectivity index (χ1v) is 4.87. The molecule has 0 aliphatic rings. The molecule has 0 spiro atoms. The quantitative estimate of drug-likeness (QED) is 0.811. The molecule has 0 fully saturated rings. The molecule has 0 bridgehead atoms. The minimum atomic E-state index is -0.0419. The summed E-state index contributed by atoms with van der Waals surface area (Å²) in [6.07, 6.45) is 4.98. The third kappa shape index (κ3) is 1.78. The van der Waals surface area contributed by atoms with E-state index in [4.69, 9.17) is 11.0 Å². The predicted molar refractivity (Wildman–Crippen MR) is 58.7 cm³/mol. The summed E-state index contributed by atoms with van der Waals surface area (Å²) < 4.78 is 1.63. The van der Waals surface area contributed by atoms with Gasteiger partial charge in [0.05, 0.1) is 0 Å². The van der Waals surface area contributed by atoms with Crippen LogP contribution in [0.4, 0.5) is 0 Å². The number of imidazole rings is 1. The normalized spacial score (nSPS) is 12.1. The fourth-order valence-corrected chi connectivity index (χ4v) is 1.38. The molecule has 80 valence electrons. The van der Waals surface area contributed by atoms with Crippen molar-refractivity contribution in [3.05, 3.63) is 42.1 Å². The zero-order chi connectivity index (χ0) is 11.5. The van der Waals surface area contributed by atoms with Crippen molar-refractivity contribution in [3.63, 3.8) is 0 Å². The van der Waals surface area contributed by atoms with Crippen LogP contribution in [0.3, 0.4) is 0 Å². The first-order chi connectivity index (χ1) is 7.72. The van der Waals surface area contributed by atoms with Crippen LogP contribution in [0.2, 0.25) is 0 Å². The van der Waals surface area contributed by atoms with Crippen LogP contribution in [0.15, 0.2) is 30.7 Å². The summed E-state index contributed by atoms with van der Waals surface area (Å²) in [7, 11) is 0. The Hall–Kier alpha value is -2.19. The van der Waals surface area contributed by atoms with Gasteiger partial charge in [0, 0.05) is 24.6 Å². The Morgan fingerprint density at radius 3 is 2.81 bits per heavy atom. The van der Waals surface area contributed by atoms with E-state index in [-0.39, 0.29) is 6.04 Å². The molecule has 2 heterocycles. The highest BCUT2D eigenvalue weighted by atomic mass is 15.1. The van der Waals surface area contributed by atoms with E-state index < -0.39 is 0 Å². The van der Waals surface area contributed by atoms with Crippen LogP contribution in [-0.4, -0.2) is 14.5 Å². The van der Waals surface area contributed by atoms with Crippen molar-refractivity contribution in [2.75, 3.05) is 0 Å². The number of rotatable bonds is 2. The molecule has 2 N–H and O–H groups in total. The molecule has 0 aromatic carbocycles. The molecular weight excluding hydrogens is 202 g/mol. The maximum Gasteiger partial charge on any atom is 0.218 e. The smallest absolute Gasteiger partial charge is 0.218 e. The summed E-state index contributed by atoms with van der Waals surface area (Å²) in [5.41, 5.74) is 6.69. The number of nitrogens with two attached hydrogens (primary N) is 1. The van der Waals surface area contributed by atoms with Gasteiger partial charge in [0.2, 0.25) is 5.82 Å². The van der Waals surface area contributed by atoms with E-state index in [2.05, 4.69) is 9.97 Å². The molecule has 5 heteroatoms. The Labute approximate surface area is 93.2 Å². The lowest BCUT2D eigenvalue weighted by Gasteiger charge is -2.06. The lowest BCUT2D eigenvalue weighted by Crippen LogP contribution is -2.06. The fraction of sp³-hybridized carbons (Fsp3) is 0.182. The summed E-state index contributed by atoms with van der Waals surface area (Å²) in [5.74, 6) is 0.986. The maximum absolute atomic E-state index is 8.83. The molecule has 0 unspecified atom stereocenters. The summed E-state index contributed by atoms with van der Waals surface area (Å²) in [4.78, 5) is 8.15. The predicted octanol–water partition coefficient (Wildman–Crippen LogP) is 1.16. The van der Waals surface area contributed by atoms with Crippen LogP contribution in [-0.2, 0) is 0 Å². The molecule has 0 amide bonds. The summed E-state index contributed by atoms with van der Waals surface area (Å²) in [6, 6.07) is 5.67. The summed E-state index contributed by atoms with van der Waals surface area (Å²) in [6.45, 7) is 1.90. The highest BCUT2D eigenvalue weighted by Gasteiger charge is 2.05. The second kappa shape index (κ2) is 4.13. The standard InChI is InChI=1S/C11H11N5/c1-8(13)9-2-3-10(15-7-9)16-5-4-14-11(16)6-12/h2-5,7-8H,13H2,1H3/t8-/m0/s1. The van der Waals surface area contributed by atoms with Crippen molar-refractivity contribution in [1.29, 1.82) is 5.26 Å². The summed E-state index contributed by atoms with van der Waals surface area (Å²) in [5, 5.41) is 8.83. The van der Waals surface area contributed by atoms with Crippen LogP contribution in [0.5, 0.6) is 0 Å². The molecule has 2 aromatic heterocycles. The zero-order valence-electron chi connectivity index (χ0n) is 8.83. The Morgan fingerprint density at radius 2 is 2.25 bits per heavy atom. The average Bonchev–Trinajstić information content (AvgIpc) is 2.77. The van der Waals surface area contributed by atoms with E-state index in [9.17, 15) is 0 Å². The molecule has 2 rings (SSSR count). The largest absolute Gasteiger partial charge is 0.324 e. The van der Waals surface area contributed by atoms with Crippen molar-refractivity contribution >= 4 is 0 Å². The van der Waals surface area contributed by atoms with Gasteiger partial charge in [-0.15, -0.1) is 0 Å². The van der Waals surface area contributed by atoms with E-state index in [0.717, 1.165) is 5.56 Å². The molecule has 0 aliphatic heterocycles. The molecule has 16 heavy (non-hydrogen) atoms. The van der Waals surface area contributed by atoms with E-state index in [1.165, 1.54) is 0 Å². The van der Waals surface area contributed by atoms with Crippen LogP contribution >= 0.6 is 0 Å². The monoisotopic (exact) mass is 213 g/mol. The number of aromatic nitrogens is 3. The minimum absolute atomic E-state index is 0.0419. The van der Waals surface area contributed by atoms with Gasteiger partial charge < -0.3 is 5.73 Å². The Balaban J connectivity index is 2.39. The molecule has 0 radical (unpaired) electrons. The average molecular weight is 213 g/mol. The first-order valence-electron chi connectivity index (χ1n) is 4.87. The Bertz CT molecular complexity index is 518. The number of hydrogen-bond donors (Lipinski definition) is 1. The van der Waals surface area contributed by atoms with Gasteiger partial charge in [0.1, 0.15) is 11.9 Å². The van der Waals surface area contributed by atoms with E-state index in [1.54, 1.807) is 23.2 Å². The Kier molecular flexibility index (Phi) is 2.66. The lowest BCUT2D eigenvalue weighted by atomic mass is 10.1. The molecule has 2 aromatic rings. The summed E-state index contributed by atoms with van der Waals surface area (Å²) >= 11 is 0. The Morgan fingerprint density at radius 1 is 1.44 bits per heavy atom. The number of pyridine rings is 1. The molecule has 1 atom stereocenters. The van der Waals surface area contributed by atoms with E-state index >= 15 is 0 Å². The van der Waals surface area contributed by atoms with Crippen LogP contribution in [0, 0.1) is 11.3 Å². The number of hydrogen-bond acceptors (Lipinski definition) is 4. The number of nitrogens with zero attached hydrogens (tertiary/aromatic N) is 4. The maximum atomic E-state index is 8.83. The topological polar surface area (TPSA) is 80.5 Å². The second-order valence-electron chi connectivity index (χ2n) is 3.47. The molecule has 0 aliphatic carbocycles. The van der Waals surface area contributed by atoms with Crippen molar-refractivity contribution in [1.82, 2.24) is 14.5 Å². The molecule has 0 saturated carbocycles. The van der Waals surface area contributed by atoms with Gasteiger partial charge in [0.15, 0.2) is 0 Å². The third-order valence-corrected chi connectivity index (χ3v) is 2.28. The van der Waals surface area contributed by atoms with Gasteiger partial charge in [-0.1, -0.05) is 6.07 Å². The molecular formula is C11H11N5. The number of nitriles is 1. The van der Waals surface area contributed by atoms with Gasteiger partial charge in [-0.3, -0.25) is 4.57 Å². The minimum Gasteiger partial charge on any atom is -0.324 e. The highest BCUT2D eigenvalue weighted by molar-refractivity contribution is 5.31. The molecule has 5 nitrogen and oxygen atoms in total. The molecule has 0 saturated heterocycles. The van der Waals surface area contributed by atoms with Gasteiger partial charge in [-0.2, -0.15) is 5.26 Å². The first kappa shape index (κ1) is 10.3. The lowest BCUT2D eigenvalue weighted by molar-refractivity contribution is 0.807. The van der Waals surface area contributed by atoms with Gasteiger partial charge >= 0.3 is 0 Å². The zero-order valence-corrected chi connectivity index (χ0v) is 8.83. The van der Waals surface area contributed by atoms with Gasteiger partial charge in [-0.25, -0.2) is 9.97 Å². The van der Waals surface area contributed by atoms with E-state index in [1.807, 2.05) is 25.1 Å². The van der Waals surface area contributed by atoms with Crippen LogP contribution in [0.25, 0.3) is 5.82 Å². The third-order valence-electron chi connectivity index (χ3n) is 2.28. The van der Waals surface area contributed by atoms with Crippen molar-refractivity contribution in [2.24, 2.45) is 5.73 Å². The fourth-order valence-electron chi connectivity index (χ4n) is 1.38. The van der Waals surface area contributed by atoms with Crippen LogP contribution in [0.1, 0.15) is 24.4 Å². The van der Waals surface area contributed by atoms with Crippen LogP contribution < -0.4 is 5.73 Å². The van der Waals surface area contributed by atoms with Gasteiger partial charge in [-0.05, 0) is 18.6 Å². The van der Waals surface area contributed by atoms with Gasteiger partial charge in [0.25, 0.3) is 0 Å². The SMILES string of the molecule is C[C@H](N)c1ccc(-n2ccnc2C#N)nc1. The van der Waals surface area contributed by atoms with Crippen molar-refractivity contribution < 1.29 is 0 Å².